The molecule has 0 aromatic heterocycles. The van der Waals surface area contributed by atoms with Crippen LogP contribution in [-0.2, 0) is 14.4 Å². The summed E-state index contributed by atoms with van der Waals surface area (Å²) in [5, 5.41) is 2.39. The second-order valence-corrected chi connectivity index (χ2v) is 6.14. The van der Waals surface area contributed by atoms with Crippen LogP contribution in [0.5, 0.6) is 5.75 Å². The van der Waals surface area contributed by atoms with Crippen molar-refractivity contribution in [3.8, 4) is 5.75 Å². The van der Waals surface area contributed by atoms with E-state index in [4.69, 9.17) is 4.74 Å². The number of piperidine rings is 1. The molecule has 0 radical (unpaired) electrons. The lowest BCUT2D eigenvalue weighted by Crippen LogP contribution is -2.42. The van der Waals surface area contributed by atoms with E-state index in [2.05, 4.69) is 5.32 Å². The van der Waals surface area contributed by atoms with Gasteiger partial charge in [0, 0.05) is 25.8 Å². The van der Waals surface area contributed by atoms with Gasteiger partial charge in [0.15, 0.2) is 0 Å². The molecule has 2 unspecified atom stereocenters. The predicted octanol–water partition coefficient (Wildman–Crippen LogP) is 1.59. The molecule has 0 aliphatic carbocycles. The largest absolute Gasteiger partial charge is 0.495 e. The van der Waals surface area contributed by atoms with Crippen LogP contribution in [0.1, 0.15) is 37.2 Å². The number of hydrogen-bond donors (Lipinski definition) is 1. The molecule has 0 bridgehead atoms. The highest BCUT2D eigenvalue weighted by atomic mass is 16.5. The first kappa shape index (κ1) is 15.5. The maximum Gasteiger partial charge on any atom is 0.229 e. The second-order valence-electron chi connectivity index (χ2n) is 6.14. The summed E-state index contributed by atoms with van der Waals surface area (Å²) in [6.45, 7) is 0. The first-order chi connectivity index (χ1) is 11.0. The van der Waals surface area contributed by atoms with Crippen LogP contribution in [0.25, 0.3) is 0 Å². The summed E-state index contributed by atoms with van der Waals surface area (Å²) in [6, 6.07) is 5.72. The molecule has 1 aromatic carbocycles. The Morgan fingerprint density at radius 2 is 2.04 bits per heavy atom. The third-order valence-electron chi connectivity index (χ3n) is 4.74. The van der Waals surface area contributed by atoms with Gasteiger partial charge in [0.25, 0.3) is 0 Å². The molecule has 23 heavy (non-hydrogen) atoms. The SMILES string of the molecule is COc1cccc2c1N(C)C(=O)CC2CC1CCC(=O)NC1=O. The van der Waals surface area contributed by atoms with Crippen molar-refractivity contribution in [2.75, 3.05) is 19.1 Å². The summed E-state index contributed by atoms with van der Waals surface area (Å²) in [6.07, 6.45) is 1.85. The summed E-state index contributed by atoms with van der Waals surface area (Å²) in [5.41, 5.74) is 1.81. The molecule has 6 heteroatoms. The zero-order valence-electron chi connectivity index (χ0n) is 13.3. The van der Waals surface area contributed by atoms with Crippen molar-refractivity contribution in [1.82, 2.24) is 5.32 Å². The van der Waals surface area contributed by atoms with Crippen molar-refractivity contribution >= 4 is 23.4 Å². The summed E-state index contributed by atoms with van der Waals surface area (Å²) in [7, 11) is 3.32. The summed E-state index contributed by atoms with van der Waals surface area (Å²) >= 11 is 0. The van der Waals surface area contributed by atoms with Gasteiger partial charge in [-0.2, -0.15) is 0 Å². The van der Waals surface area contributed by atoms with Crippen molar-refractivity contribution in [2.45, 2.75) is 31.6 Å². The Labute approximate surface area is 134 Å². The third-order valence-corrected chi connectivity index (χ3v) is 4.74. The van der Waals surface area contributed by atoms with E-state index in [9.17, 15) is 14.4 Å². The Morgan fingerprint density at radius 1 is 1.26 bits per heavy atom. The first-order valence-electron chi connectivity index (χ1n) is 7.78. The number of amides is 3. The van der Waals surface area contributed by atoms with Gasteiger partial charge in [-0.1, -0.05) is 12.1 Å². The zero-order valence-corrected chi connectivity index (χ0v) is 13.3. The Bertz CT molecular complexity index is 671. The van der Waals surface area contributed by atoms with E-state index in [1.54, 1.807) is 19.1 Å². The fourth-order valence-electron chi connectivity index (χ4n) is 3.49. The van der Waals surface area contributed by atoms with Crippen molar-refractivity contribution in [3.05, 3.63) is 23.8 Å². The van der Waals surface area contributed by atoms with Gasteiger partial charge in [-0.15, -0.1) is 0 Å². The van der Waals surface area contributed by atoms with Crippen molar-refractivity contribution < 1.29 is 19.1 Å². The first-order valence-corrected chi connectivity index (χ1v) is 7.78. The van der Waals surface area contributed by atoms with Crippen LogP contribution < -0.4 is 15.0 Å². The van der Waals surface area contributed by atoms with Crippen LogP contribution in [0.3, 0.4) is 0 Å². The minimum absolute atomic E-state index is 0.0132. The van der Waals surface area contributed by atoms with Crippen molar-refractivity contribution in [2.24, 2.45) is 5.92 Å². The van der Waals surface area contributed by atoms with Gasteiger partial charge < -0.3 is 9.64 Å². The smallest absolute Gasteiger partial charge is 0.229 e. The van der Waals surface area contributed by atoms with Gasteiger partial charge in [-0.05, 0) is 30.4 Å². The summed E-state index contributed by atoms with van der Waals surface area (Å²) in [5.74, 6) is -0.0313. The molecule has 1 saturated heterocycles. The van der Waals surface area contributed by atoms with Crippen LogP contribution in [0.4, 0.5) is 5.69 Å². The quantitative estimate of drug-likeness (QED) is 0.859. The Hall–Kier alpha value is -2.37. The third kappa shape index (κ3) is 2.81. The van der Waals surface area contributed by atoms with Crippen LogP contribution in [0.2, 0.25) is 0 Å². The normalized spacial score (nSPS) is 24.3. The molecule has 1 aromatic rings. The molecule has 2 atom stereocenters. The molecule has 6 nitrogen and oxygen atoms in total. The van der Waals surface area contributed by atoms with E-state index in [0.29, 0.717) is 31.4 Å². The van der Waals surface area contributed by atoms with Gasteiger partial charge in [0.05, 0.1) is 12.8 Å². The molecule has 0 spiro atoms. The zero-order chi connectivity index (χ0) is 16.6. The Balaban J connectivity index is 1.90. The van der Waals surface area contributed by atoms with Crippen molar-refractivity contribution in [3.63, 3.8) is 0 Å². The number of carbonyl (C=O) groups is 3. The highest BCUT2D eigenvalue weighted by molar-refractivity contribution is 6.00. The molecule has 122 valence electrons. The lowest BCUT2D eigenvalue weighted by Gasteiger charge is -2.34. The molecule has 3 amide bonds. The number of imide groups is 1. The highest BCUT2D eigenvalue weighted by Gasteiger charge is 2.36. The number of benzene rings is 1. The lowest BCUT2D eigenvalue weighted by atomic mass is 9.80. The lowest BCUT2D eigenvalue weighted by molar-refractivity contribution is -0.137. The fourth-order valence-corrected chi connectivity index (χ4v) is 3.49. The minimum atomic E-state index is -0.229. The molecule has 3 rings (SSSR count). The number of para-hydroxylation sites is 1. The van der Waals surface area contributed by atoms with Gasteiger partial charge in [0.1, 0.15) is 5.75 Å². The van der Waals surface area contributed by atoms with Crippen LogP contribution in [-0.4, -0.2) is 31.9 Å². The Kier molecular flexibility index (Phi) is 4.07. The molecule has 1 fully saturated rings. The molecular weight excluding hydrogens is 296 g/mol. The number of rotatable bonds is 3. The summed E-state index contributed by atoms with van der Waals surface area (Å²) < 4.78 is 5.39. The summed E-state index contributed by atoms with van der Waals surface area (Å²) in [4.78, 5) is 37.2. The van der Waals surface area contributed by atoms with E-state index in [-0.39, 0.29) is 29.6 Å². The number of carbonyl (C=O) groups excluding carboxylic acids is 3. The minimum Gasteiger partial charge on any atom is -0.495 e. The van der Waals surface area contributed by atoms with Crippen molar-refractivity contribution in [1.29, 1.82) is 0 Å². The molecular formula is C17H20N2O4. The van der Waals surface area contributed by atoms with E-state index in [0.717, 1.165) is 11.3 Å². The van der Waals surface area contributed by atoms with Crippen LogP contribution >= 0.6 is 0 Å². The highest BCUT2D eigenvalue weighted by Crippen LogP contribution is 2.44. The molecule has 1 N–H and O–H groups in total. The standard InChI is InChI=1S/C17H20N2O4/c1-19-15(21)9-11(8-10-6-7-14(20)18-17(10)22)12-4-3-5-13(23-2)16(12)19/h3-5,10-11H,6-9H2,1-2H3,(H,18,20,22). The maximum absolute atomic E-state index is 12.3. The van der Waals surface area contributed by atoms with Gasteiger partial charge in [-0.25, -0.2) is 0 Å². The van der Waals surface area contributed by atoms with E-state index >= 15 is 0 Å². The van der Waals surface area contributed by atoms with E-state index < -0.39 is 0 Å². The van der Waals surface area contributed by atoms with E-state index in [1.165, 1.54) is 0 Å². The van der Waals surface area contributed by atoms with E-state index in [1.807, 2.05) is 18.2 Å². The number of anilines is 1. The molecule has 2 aliphatic heterocycles. The van der Waals surface area contributed by atoms with Gasteiger partial charge in [-0.3, -0.25) is 19.7 Å². The van der Waals surface area contributed by atoms with Gasteiger partial charge >= 0.3 is 0 Å². The average molecular weight is 316 g/mol. The van der Waals surface area contributed by atoms with Crippen LogP contribution in [0.15, 0.2) is 18.2 Å². The number of fused-ring (bicyclic) bond motifs is 1. The number of methoxy groups -OCH3 is 1. The fraction of sp³-hybridized carbons (Fsp3) is 0.471. The van der Waals surface area contributed by atoms with Crippen LogP contribution in [0, 0.1) is 5.92 Å². The molecule has 0 saturated carbocycles. The number of hydrogen-bond acceptors (Lipinski definition) is 4. The maximum atomic E-state index is 12.3. The Morgan fingerprint density at radius 3 is 2.74 bits per heavy atom. The molecule has 2 aliphatic rings. The predicted molar refractivity (Wildman–Crippen MR) is 84.3 cm³/mol. The molecule has 2 heterocycles. The number of nitrogens with one attached hydrogen (secondary N) is 1. The number of ether oxygens (including phenoxy) is 1. The average Bonchev–Trinajstić information content (AvgIpc) is 2.54. The monoisotopic (exact) mass is 316 g/mol. The van der Waals surface area contributed by atoms with Gasteiger partial charge in [0.2, 0.25) is 17.7 Å². The second kappa shape index (κ2) is 6.02. The number of nitrogens with zero attached hydrogens (tertiary/aromatic N) is 1. The topological polar surface area (TPSA) is 75.7 Å².